The SMILES string of the molecule is CCOc1ccccc1/C=C/C(=O)OCC(=O)N1CCc2ccccc21. The number of amides is 1. The van der Waals surface area contributed by atoms with E-state index in [2.05, 4.69) is 0 Å². The molecule has 1 aliphatic rings. The molecular formula is C21H21NO4. The Morgan fingerprint density at radius 3 is 2.73 bits per heavy atom. The number of hydrogen-bond donors (Lipinski definition) is 0. The van der Waals surface area contributed by atoms with Crippen LogP contribution < -0.4 is 9.64 Å². The standard InChI is InChI=1S/C21H21NO4/c1-2-25-19-10-6-4-8-17(19)11-12-21(24)26-15-20(23)22-14-13-16-7-3-5-9-18(16)22/h3-12H,2,13-15H2,1H3/b12-11+. The van der Waals surface area contributed by atoms with Gasteiger partial charge in [-0.3, -0.25) is 4.79 Å². The number of anilines is 1. The minimum absolute atomic E-state index is 0.216. The molecule has 5 heteroatoms. The molecule has 1 heterocycles. The van der Waals surface area contributed by atoms with Crippen LogP contribution >= 0.6 is 0 Å². The van der Waals surface area contributed by atoms with E-state index in [0.717, 1.165) is 23.2 Å². The second-order valence-corrected chi connectivity index (χ2v) is 5.84. The van der Waals surface area contributed by atoms with E-state index in [1.54, 1.807) is 11.0 Å². The van der Waals surface area contributed by atoms with Crippen molar-refractivity contribution < 1.29 is 19.1 Å². The average Bonchev–Trinajstić information content (AvgIpc) is 3.10. The van der Waals surface area contributed by atoms with Gasteiger partial charge in [-0.2, -0.15) is 0 Å². The smallest absolute Gasteiger partial charge is 0.331 e. The lowest BCUT2D eigenvalue weighted by Crippen LogP contribution is -2.33. The summed E-state index contributed by atoms with van der Waals surface area (Å²) in [7, 11) is 0. The number of fused-ring (bicyclic) bond motifs is 1. The molecule has 0 bridgehead atoms. The van der Waals surface area contributed by atoms with E-state index in [-0.39, 0.29) is 12.5 Å². The first-order chi connectivity index (χ1) is 12.7. The normalized spacial score (nSPS) is 12.9. The van der Waals surface area contributed by atoms with Crippen molar-refractivity contribution in [3.05, 3.63) is 65.7 Å². The molecule has 0 radical (unpaired) electrons. The lowest BCUT2D eigenvalue weighted by molar-refractivity contribution is -0.142. The van der Waals surface area contributed by atoms with Gasteiger partial charge in [-0.1, -0.05) is 36.4 Å². The molecule has 0 aliphatic carbocycles. The summed E-state index contributed by atoms with van der Waals surface area (Å²) < 4.78 is 10.6. The van der Waals surface area contributed by atoms with E-state index >= 15 is 0 Å². The Balaban J connectivity index is 1.56. The second kappa shape index (κ2) is 8.34. The second-order valence-electron chi connectivity index (χ2n) is 5.84. The van der Waals surface area contributed by atoms with Crippen molar-refractivity contribution in [1.82, 2.24) is 0 Å². The Morgan fingerprint density at radius 2 is 1.88 bits per heavy atom. The third-order valence-corrected chi connectivity index (χ3v) is 4.14. The van der Waals surface area contributed by atoms with Gasteiger partial charge in [0, 0.05) is 23.9 Å². The van der Waals surface area contributed by atoms with Gasteiger partial charge < -0.3 is 14.4 Å². The topological polar surface area (TPSA) is 55.8 Å². The number of para-hydroxylation sites is 2. The Labute approximate surface area is 152 Å². The van der Waals surface area contributed by atoms with Crippen LogP contribution in [0, 0.1) is 0 Å². The number of hydrogen-bond acceptors (Lipinski definition) is 4. The molecule has 0 fully saturated rings. The van der Waals surface area contributed by atoms with Gasteiger partial charge in [-0.15, -0.1) is 0 Å². The van der Waals surface area contributed by atoms with Crippen molar-refractivity contribution in [1.29, 1.82) is 0 Å². The van der Waals surface area contributed by atoms with E-state index in [1.165, 1.54) is 6.08 Å². The lowest BCUT2D eigenvalue weighted by atomic mass is 10.2. The molecule has 0 unspecified atom stereocenters. The number of ether oxygens (including phenoxy) is 2. The molecule has 2 aromatic rings. The Bertz CT molecular complexity index is 828. The van der Waals surface area contributed by atoms with Crippen molar-refractivity contribution >= 4 is 23.6 Å². The Hall–Kier alpha value is -3.08. The van der Waals surface area contributed by atoms with E-state index in [0.29, 0.717) is 18.9 Å². The summed E-state index contributed by atoms with van der Waals surface area (Å²) in [5, 5.41) is 0. The van der Waals surface area contributed by atoms with Gasteiger partial charge in [-0.05, 0) is 37.1 Å². The number of benzene rings is 2. The summed E-state index contributed by atoms with van der Waals surface area (Å²) in [5.74, 6) is -0.0765. The van der Waals surface area contributed by atoms with E-state index in [9.17, 15) is 9.59 Å². The van der Waals surface area contributed by atoms with E-state index < -0.39 is 5.97 Å². The van der Waals surface area contributed by atoms with Crippen LogP contribution in [-0.4, -0.2) is 31.6 Å². The fourth-order valence-electron chi connectivity index (χ4n) is 2.92. The molecular weight excluding hydrogens is 330 g/mol. The third kappa shape index (κ3) is 4.11. The summed E-state index contributed by atoms with van der Waals surface area (Å²) in [6.07, 6.45) is 3.76. The minimum atomic E-state index is -0.558. The summed E-state index contributed by atoms with van der Waals surface area (Å²) in [4.78, 5) is 25.9. The molecule has 0 aromatic heterocycles. The van der Waals surface area contributed by atoms with E-state index in [1.807, 2.05) is 55.5 Å². The fourth-order valence-corrected chi connectivity index (χ4v) is 2.92. The molecule has 26 heavy (non-hydrogen) atoms. The fraction of sp³-hybridized carbons (Fsp3) is 0.238. The summed E-state index contributed by atoms with van der Waals surface area (Å²) in [6, 6.07) is 15.2. The quantitative estimate of drug-likeness (QED) is 0.592. The highest BCUT2D eigenvalue weighted by Gasteiger charge is 2.24. The van der Waals surface area contributed by atoms with Gasteiger partial charge in [0.2, 0.25) is 0 Å². The minimum Gasteiger partial charge on any atom is -0.493 e. The molecule has 5 nitrogen and oxygen atoms in total. The van der Waals surface area contributed by atoms with Crippen LogP contribution in [0.4, 0.5) is 5.69 Å². The van der Waals surface area contributed by atoms with Gasteiger partial charge in [0.25, 0.3) is 5.91 Å². The molecule has 0 atom stereocenters. The third-order valence-electron chi connectivity index (χ3n) is 4.14. The van der Waals surface area contributed by atoms with Gasteiger partial charge in [0.05, 0.1) is 6.61 Å². The van der Waals surface area contributed by atoms with Crippen molar-refractivity contribution in [3.63, 3.8) is 0 Å². The molecule has 2 aromatic carbocycles. The van der Waals surface area contributed by atoms with Gasteiger partial charge >= 0.3 is 5.97 Å². The van der Waals surface area contributed by atoms with E-state index in [4.69, 9.17) is 9.47 Å². The van der Waals surface area contributed by atoms with Crippen molar-refractivity contribution in [2.75, 3.05) is 24.7 Å². The molecule has 1 amide bonds. The van der Waals surface area contributed by atoms with Crippen LogP contribution in [0.3, 0.4) is 0 Å². The van der Waals surface area contributed by atoms with Crippen LogP contribution in [0.25, 0.3) is 6.08 Å². The zero-order chi connectivity index (χ0) is 18.4. The highest BCUT2D eigenvalue weighted by atomic mass is 16.5. The number of carbonyl (C=O) groups is 2. The monoisotopic (exact) mass is 351 g/mol. The largest absolute Gasteiger partial charge is 0.493 e. The van der Waals surface area contributed by atoms with Crippen LogP contribution in [0.5, 0.6) is 5.75 Å². The van der Waals surface area contributed by atoms with Gasteiger partial charge in [0.15, 0.2) is 6.61 Å². The maximum atomic E-state index is 12.3. The number of rotatable bonds is 6. The molecule has 0 spiro atoms. The summed E-state index contributed by atoms with van der Waals surface area (Å²) in [6.45, 7) is 2.79. The van der Waals surface area contributed by atoms with Crippen molar-refractivity contribution in [3.8, 4) is 5.75 Å². The van der Waals surface area contributed by atoms with Gasteiger partial charge in [0.1, 0.15) is 5.75 Å². The zero-order valence-electron chi connectivity index (χ0n) is 14.7. The Morgan fingerprint density at radius 1 is 1.12 bits per heavy atom. The number of esters is 1. The predicted molar refractivity (Wildman–Crippen MR) is 100 cm³/mol. The molecule has 134 valence electrons. The van der Waals surface area contributed by atoms with Crippen LogP contribution in [0.1, 0.15) is 18.1 Å². The zero-order valence-corrected chi connectivity index (χ0v) is 14.7. The highest BCUT2D eigenvalue weighted by molar-refractivity contribution is 5.98. The van der Waals surface area contributed by atoms with Crippen LogP contribution in [0.15, 0.2) is 54.6 Å². The van der Waals surface area contributed by atoms with Crippen LogP contribution in [-0.2, 0) is 20.7 Å². The number of nitrogens with zero attached hydrogens (tertiary/aromatic N) is 1. The van der Waals surface area contributed by atoms with Crippen LogP contribution in [0.2, 0.25) is 0 Å². The van der Waals surface area contributed by atoms with Crippen molar-refractivity contribution in [2.45, 2.75) is 13.3 Å². The first-order valence-corrected chi connectivity index (χ1v) is 8.64. The first kappa shape index (κ1) is 17.7. The number of carbonyl (C=O) groups excluding carboxylic acids is 2. The summed E-state index contributed by atoms with van der Waals surface area (Å²) >= 11 is 0. The first-order valence-electron chi connectivity index (χ1n) is 8.64. The average molecular weight is 351 g/mol. The molecule has 0 saturated carbocycles. The maximum absolute atomic E-state index is 12.3. The summed E-state index contributed by atoms with van der Waals surface area (Å²) in [5.41, 5.74) is 2.82. The van der Waals surface area contributed by atoms with Crippen molar-refractivity contribution in [2.24, 2.45) is 0 Å². The molecule has 0 saturated heterocycles. The lowest BCUT2D eigenvalue weighted by Gasteiger charge is -2.16. The molecule has 1 aliphatic heterocycles. The predicted octanol–water partition coefficient (Wildman–Crippen LogP) is 3.23. The maximum Gasteiger partial charge on any atom is 0.331 e. The Kier molecular flexibility index (Phi) is 5.69. The highest BCUT2D eigenvalue weighted by Crippen LogP contribution is 2.27. The molecule has 3 rings (SSSR count). The molecule has 0 N–H and O–H groups in total. The van der Waals surface area contributed by atoms with Gasteiger partial charge in [-0.25, -0.2) is 4.79 Å².